The number of guanidine groups is 1. The zero-order valence-corrected chi connectivity index (χ0v) is 14.2. The summed E-state index contributed by atoms with van der Waals surface area (Å²) in [7, 11) is 0. The van der Waals surface area contributed by atoms with Gasteiger partial charge in [-0.3, -0.25) is 5.32 Å². The van der Waals surface area contributed by atoms with Crippen LogP contribution in [-0.2, 0) is 0 Å². The van der Waals surface area contributed by atoms with Crippen molar-refractivity contribution in [1.29, 1.82) is 10.5 Å². The van der Waals surface area contributed by atoms with Crippen LogP contribution in [0.15, 0.2) is 41.9 Å². The molecule has 1 unspecified atom stereocenters. The number of anilines is 3. The average molecular weight is 360 g/mol. The van der Waals surface area contributed by atoms with Gasteiger partial charge in [-0.15, -0.1) is 0 Å². The van der Waals surface area contributed by atoms with Gasteiger partial charge in [0.15, 0.2) is 6.19 Å². The lowest BCUT2D eigenvalue weighted by molar-refractivity contribution is 0.358. The predicted octanol–water partition coefficient (Wildman–Crippen LogP) is 1.62. The van der Waals surface area contributed by atoms with Gasteiger partial charge in [-0.2, -0.15) is 10.5 Å². The molecule has 6 N–H and O–H groups in total. The molecular formula is C18H16N8O. The summed E-state index contributed by atoms with van der Waals surface area (Å²) in [5, 5.41) is 23.7. The number of hydrogen-bond acceptors (Lipinski definition) is 9. The highest BCUT2D eigenvalue weighted by Gasteiger charge is 2.31. The van der Waals surface area contributed by atoms with E-state index >= 15 is 0 Å². The minimum absolute atomic E-state index is 0.00519. The normalized spacial score (nSPS) is 14.6. The topological polar surface area (TPSA) is 158 Å². The number of ether oxygens (including phenoxy) is 1. The fourth-order valence-corrected chi connectivity index (χ4v) is 2.79. The largest absolute Gasteiger partial charge is 0.489 e. The molecule has 3 rings (SSSR count). The molecule has 9 nitrogen and oxygen atoms in total. The lowest BCUT2D eigenvalue weighted by Crippen LogP contribution is -2.32. The van der Waals surface area contributed by atoms with Crippen LogP contribution in [0.3, 0.4) is 0 Å². The number of fused-ring (bicyclic) bond motifs is 1. The summed E-state index contributed by atoms with van der Waals surface area (Å²) >= 11 is 0. The van der Waals surface area contributed by atoms with Crippen molar-refractivity contribution in [2.75, 3.05) is 23.4 Å². The Bertz CT molecular complexity index is 1020. The van der Waals surface area contributed by atoms with Crippen molar-refractivity contribution in [1.82, 2.24) is 10.3 Å². The summed E-state index contributed by atoms with van der Waals surface area (Å²) < 4.78 is 5.73. The molecule has 134 valence electrons. The van der Waals surface area contributed by atoms with E-state index in [9.17, 15) is 5.26 Å². The van der Waals surface area contributed by atoms with E-state index in [-0.39, 0.29) is 23.0 Å². The molecule has 0 spiro atoms. The van der Waals surface area contributed by atoms with E-state index in [4.69, 9.17) is 21.5 Å². The van der Waals surface area contributed by atoms with Gasteiger partial charge >= 0.3 is 0 Å². The van der Waals surface area contributed by atoms with Gasteiger partial charge in [0.25, 0.3) is 0 Å². The summed E-state index contributed by atoms with van der Waals surface area (Å²) in [4.78, 5) is 8.74. The quantitative estimate of drug-likeness (QED) is 0.364. The smallest absolute Gasteiger partial charge is 0.211 e. The summed E-state index contributed by atoms with van der Waals surface area (Å²) in [6.07, 6.45) is 3.44. The Kier molecular flexibility index (Phi) is 4.77. The summed E-state index contributed by atoms with van der Waals surface area (Å²) in [6.45, 7) is 3.95. The highest BCUT2D eigenvalue weighted by molar-refractivity contribution is 5.98. The maximum atomic E-state index is 9.37. The Hall–Kier alpha value is -4.24. The van der Waals surface area contributed by atoms with Crippen molar-refractivity contribution in [3.63, 3.8) is 0 Å². The van der Waals surface area contributed by atoms with Crippen LogP contribution in [-0.4, -0.2) is 17.6 Å². The molecule has 1 aromatic carbocycles. The first-order chi connectivity index (χ1) is 13.1. The number of nitrogens with one attached hydrogen (secondary N) is 2. The third-order valence-corrected chi connectivity index (χ3v) is 3.93. The van der Waals surface area contributed by atoms with E-state index in [0.29, 0.717) is 29.3 Å². The summed E-state index contributed by atoms with van der Waals surface area (Å²) in [5.41, 5.74) is 13.5. The van der Waals surface area contributed by atoms with Crippen molar-refractivity contribution in [2.45, 2.75) is 6.04 Å². The number of aliphatic imine (C=N–C) groups is 1. The van der Waals surface area contributed by atoms with Crippen LogP contribution in [0.4, 0.5) is 17.3 Å². The van der Waals surface area contributed by atoms with E-state index in [1.807, 2.05) is 30.5 Å². The SMILES string of the molecule is C=CCOc1ccccc1C1N=C(NC#N)Nc2nc(N)c(C#N)c(N)c21. The molecule has 0 saturated carbocycles. The highest BCUT2D eigenvalue weighted by Crippen LogP contribution is 2.42. The van der Waals surface area contributed by atoms with Crippen LogP contribution in [0.2, 0.25) is 0 Å². The van der Waals surface area contributed by atoms with Crippen molar-refractivity contribution < 1.29 is 4.74 Å². The number of nitrogens with zero attached hydrogens (tertiary/aromatic N) is 4. The number of pyridine rings is 1. The molecule has 1 aromatic heterocycles. The first kappa shape index (κ1) is 17.6. The molecule has 9 heteroatoms. The van der Waals surface area contributed by atoms with E-state index in [1.54, 1.807) is 12.1 Å². The first-order valence-corrected chi connectivity index (χ1v) is 7.92. The summed E-state index contributed by atoms with van der Waals surface area (Å²) in [6, 6.07) is 8.59. The number of hydrogen-bond donors (Lipinski definition) is 4. The van der Waals surface area contributed by atoms with Crippen molar-refractivity contribution in [3.8, 4) is 18.0 Å². The molecule has 0 radical (unpaired) electrons. The molecule has 1 atom stereocenters. The minimum Gasteiger partial charge on any atom is -0.489 e. The number of nitriles is 2. The summed E-state index contributed by atoms with van der Waals surface area (Å²) in [5.74, 6) is 1.07. The van der Waals surface area contributed by atoms with Crippen LogP contribution in [0.1, 0.15) is 22.7 Å². The molecule has 2 heterocycles. The van der Waals surface area contributed by atoms with Gasteiger partial charge in [0.05, 0.1) is 5.69 Å². The number of rotatable bonds is 4. The van der Waals surface area contributed by atoms with Gasteiger partial charge in [0, 0.05) is 11.1 Å². The minimum atomic E-state index is -0.654. The number of nitrogen functional groups attached to an aromatic ring is 2. The second-order valence-electron chi connectivity index (χ2n) is 5.54. The molecule has 1 aliphatic heterocycles. The molecule has 0 amide bonds. The van der Waals surface area contributed by atoms with Crippen molar-refractivity contribution in [2.24, 2.45) is 4.99 Å². The van der Waals surface area contributed by atoms with Crippen molar-refractivity contribution >= 4 is 23.3 Å². The second-order valence-corrected chi connectivity index (χ2v) is 5.54. The zero-order chi connectivity index (χ0) is 19.4. The van der Waals surface area contributed by atoms with Gasteiger partial charge in [0.1, 0.15) is 41.7 Å². The molecule has 27 heavy (non-hydrogen) atoms. The van der Waals surface area contributed by atoms with Gasteiger partial charge < -0.3 is 21.5 Å². The number of benzene rings is 1. The Balaban J connectivity index is 2.23. The van der Waals surface area contributed by atoms with Gasteiger partial charge in [-0.25, -0.2) is 9.98 Å². The molecule has 0 saturated heterocycles. The zero-order valence-electron chi connectivity index (χ0n) is 14.2. The van der Waals surface area contributed by atoms with Crippen LogP contribution in [0, 0.1) is 22.8 Å². The number of nitrogens with two attached hydrogens (primary N) is 2. The number of para-hydroxylation sites is 1. The monoisotopic (exact) mass is 360 g/mol. The van der Waals surface area contributed by atoms with Gasteiger partial charge in [-0.1, -0.05) is 30.9 Å². The second kappa shape index (κ2) is 7.33. The fraction of sp³-hybridized carbons (Fsp3) is 0.111. The lowest BCUT2D eigenvalue weighted by Gasteiger charge is -2.27. The fourth-order valence-electron chi connectivity index (χ4n) is 2.79. The van der Waals surface area contributed by atoms with Gasteiger partial charge in [0.2, 0.25) is 5.96 Å². The van der Waals surface area contributed by atoms with Gasteiger partial charge in [-0.05, 0) is 6.07 Å². The standard InChI is InChI=1S/C18H16N8O/c1-2-7-27-12-6-4-3-5-10(12)15-13-14(21)11(8-19)16(22)25-17(13)26-18(24-15)23-9-20/h2-6,15H,1,7H2,(H6,21,22,23,24,25,26). The maximum Gasteiger partial charge on any atom is 0.211 e. The average Bonchev–Trinajstić information content (AvgIpc) is 2.66. The third-order valence-electron chi connectivity index (χ3n) is 3.93. The highest BCUT2D eigenvalue weighted by atomic mass is 16.5. The molecule has 2 aromatic rings. The van der Waals surface area contributed by atoms with Crippen LogP contribution in [0.5, 0.6) is 5.75 Å². The lowest BCUT2D eigenvalue weighted by atomic mass is 9.94. The first-order valence-electron chi connectivity index (χ1n) is 7.92. The number of aromatic nitrogens is 1. The van der Waals surface area contributed by atoms with Crippen LogP contribution < -0.4 is 26.8 Å². The molecule has 0 fully saturated rings. The molecular weight excluding hydrogens is 344 g/mol. The van der Waals surface area contributed by atoms with E-state index in [2.05, 4.69) is 27.2 Å². The molecule has 1 aliphatic rings. The van der Waals surface area contributed by atoms with Crippen LogP contribution >= 0.6 is 0 Å². The van der Waals surface area contributed by atoms with Crippen molar-refractivity contribution in [3.05, 3.63) is 53.6 Å². The Morgan fingerprint density at radius 1 is 1.33 bits per heavy atom. The Labute approximate surface area is 155 Å². The van der Waals surface area contributed by atoms with E-state index in [1.165, 1.54) is 0 Å². The molecule has 0 aliphatic carbocycles. The van der Waals surface area contributed by atoms with E-state index in [0.717, 1.165) is 0 Å². The Morgan fingerprint density at radius 3 is 2.81 bits per heavy atom. The maximum absolute atomic E-state index is 9.37. The van der Waals surface area contributed by atoms with Crippen LogP contribution in [0.25, 0.3) is 0 Å². The van der Waals surface area contributed by atoms with E-state index < -0.39 is 6.04 Å². The Morgan fingerprint density at radius 2 is 2.11 bits per heavy atom. The third kappa shape index (κ3) is 3.17. The molecule has 0 bridgehead atoms. The predicted molar refractivity (Wildman–Crippen MR) is 102 cm³/mol.